The van der Waals surface area contributed by atoms with Gasteiger partial charge in [0.1, 0.15) is 0 Å². The van der Waals surface area contributed by atoms with Crippen LogP contribution in [-0.4, -0.2) is 12.1 Å². The van der Waals surface area contributed by atoms with E-state index in [2.05, 4.69) is 5.32 Å². The zero-order valence-corrected chi connectivity index (χ0v) is 10.6. The second-order valence-electron chi connectivity index (χ2n) is 5.19. The molecular formula is C13H16F3NO. The lowest BCUT2D eigenvalue weighted by Gasteiger charge is -2.17. The third-order valence-electron chi connectivity index (χ3n) is 2.30. The minimum absolute atomic E-state index is 0.175. The van der Waals surface area contributed by atoms with Crippen LogP contribution in [0.1, 0.15) is 26.3 Å². The SMILES string of the molecule is CC(C)(C)C(=O)Nc1ccc(CC(F)(F)F)cc1. The highest BCUT2D eigenvalue weighted by atomic mass is 19.4. The third-order valence-corrected chi connectivity index (χ3v) is 2.30. The van der Waals surface area contributed by atoms with E-state index >= 15 is 0 Å². The number of carbonyl (C=O) groups excluding carboxylic acids is 1. The predicted molar refractivity (Wildman–Crippen MR) is 64.3 cm³/mol. The number of carbonyl (C=O) groups is 1. The fraction of sp³-hybridized carbons (Fsp3) is 0.462. The molecule has 0 aliphatic heterocycles. The Kier molecular flexibility index (Phi) is 4.04. The van der Waals surface area contributed by atoms with Crippen LogP contribution in [0.5, 0.6) is 0 Å². The molecule has 1 aromatic rings. The summed E-state index contributed by atoms with van der Waals surface area (Å²) in [6, 6.07) is 5.69. The lowest BCUT2D eigenvalue weighted by molar-refractivity contribution is -0.127. The van der Waals surface area contributed by atoms with Gasteiger partial charge in [-0.2, -0.15) is 13.2 Å². The van der Waals surface area contributed by atoms with E-state index in [-0.39, 0.29) is 11.5 Å². The molecule has 0 aromatic heterocycles. The fourth-order valence-corrected chi connectivity index (χ4v) is 1.26. The van der Waals surface area contributed by atoms with Gasteiger partial charge in [0.2, 0.25) is 5.91 Å². The second kappa shape index (κ2) is 5.00. The minimum Gasteiger partial charge on any atom is -0.326 e. The number of benzene rings is 1. The minimum atomic E-state index is -4.21. The summed E-state index contributed by atoms with van der Waals surface area (Å²) in [6.07, 6.45) is -5.17. The van der Waals surface area contributed by atoms with Gasteiger partial charge in [-0.1, -0.05) is 32.9 Å². The summed E-state index contributed by atoms with van der Waals surface area (Å²) in [4.78, 5) is 11.7. The average molecular weight is 259 g/mol. The van der Waals surface area contributed by atoms with Crippen LogP contribution >= 0.6 is 0 Å². The van der Waals surface area contributed by atoms with E-state index in [1.165, 1.54) is 24.3 Å². The Morgan fingerprint density at radius 2 is 1.61 bits per heavy atom. The normalized spacial score (nSPS) is 12.3. The van der Waals surface area contributed by atoms with Crippen molar-refractivity contribution >= 4 is 11.6 Å². The number of alkyl halides is 3. The maximum absolute atomic E-state index is 12.1. The standard InChI is InChI=1S/C13H16F3NO/c1-12(2,3)11(18)17-10-6-4-9(5-7-10)8-13(14,15)16/h4-7H,8H2,1-3H3,(H,17,18). The van der Waals surface area contributed by atoms with Crippen molar-refractivity contribution in [3.8, 4) is 0 Å². The van der Waals surface area contributed by atoms with Crippen molar-refractivity contribution in [2.45, 2.75) is 33.4 Å². The van der Waals surface area contributed by atoms with E-state index in [9.17, 15) is 18.0 Å². The highest BCUT2D eigenvalue weighted by molar-refractivity contribution is 5.94. The van der Waals surface area contributed by atoms with Gasteiger partial charge in [-0.05, 0) is 17.7 Å². The average Bonchev–Trinajstić information content (AvgIpc) is 2.17. The summed E-state index contributed by atoms with van der Waals surface area (Å²) in [5, 5.41) is 2.65. The zero-order chi connectivity index (χ0) is 14.0. The number of hydrogen-bond donors (Lipinski definition) is 1. The van der Waals surface area contributed by atoms with Crippen LogP contribution in [0.25, 0.3) is 0 Å². The number of amides is 1. The van der Waals surface area contributed by atoms with Gasteiger partial charge in [0, 0.05) is 11.1 Å². The van der Waals surface area contributed by atoms with E-state index in [1.807, 2.05) is 0 Å². The Balaban J connectivity index is 2.70. The molecule has 0 atom stereocenters. The largest absolute Gasteiger partial charge is 0.393 e. The first-order chi connectivity index (χ1) is 8.08. The lowest BCUT2D eigenvalue weighted by atomic mass is 9.95. The van der Waals surface area contributed by atoms with Crippen molar-refractivity contribution in [3.63, 3.8) is 0 Å². The molecule has 0 saturated carbocycles. The molecule has 0 bridgehead atoms. The molecule has 0 aliphatic rings. The first-order valence-electron chi connectivity index (χ1n) is 5.55. The number of rotatable bonds is 2. The fourth-order valence-electron chi connectivity index (χ4n) is 1.26. The highest BCUT2D eigenvalue weighted by Crippen LogP contribution is 2.23. The summed E-state index contributed by atoms with van der Waals surface area (Å²) in [7, 11) is 0. The molecule has 0 unspecified atom stereocenters. The highest BCUT2D eigenvalue weighted by Gasteiger charge is 2.27. The third kappa shape index (κ3) is 4.77. The molecule has 1 aromatic carbocycles. The Morgan fingerprint density at radius 3 is 2.00 bits per heavy atom. The molecule has 5 heteroatoms. The van der Waals surface area contributed by atoms with Gasteiger partial charge in [0.05, 0.1) is 6.42 Å². The Morgan fingerprint density at radius 1 is 1.11 bits per heavy atom. The smallest absolute Gasteiger partial charge is 0.326 e. The molecule has 2 nitrogen and oxygen atoms in total. The van der Waals surface area contributed by atoms with Crippen molar-refractivity contribution in [2.75, 3.05) is 5.32 Å². The van der Waals surface area contributed by atoms with E-state index in [0.717, 1.165) is 0 Å². The van der Waals surface area contributed by atoms with Crippen LogP contribution in [-0.2, 0) is 11.2 Å². The van der Waals surface area contributed by atoms with E-state index in [0.29, 0.717) is 5.69 Å². The first-order valence-corrected chi connectivity index (χ1v) is 5.55. The van der Waals surface area contributed by atoms with Crippen LogP contribution in [0.15, 0.2) is 24.3 Å². The van der Waals surface area contributed by atoms with Crippen LogP contribution in [0.2, 0.25) is 0 Å². The molecule has 1 N–H and O–H groups in total. The number of nitrogens with one attached hydrogen (secondary N) is 1. The van der Waals surface area contributed by atoms with E-state index in [4.69, 9.17) is 0 Å². The van der Waals surface area contributed by atoms with Crippen LogP contribution < -0.4 is 5.32 Å². The van der Waals surface area contributed by atoms with Gasteiger partial charge in [-0.25, -0.2) is 0 Å². The van der Waals surface area contributed by atoms with Gasteiger partial charge < -0.3 is 5.32 Å². The van der Waals surface area contributed by atoms with Crippen molar-refractivity contribution in [3.05, 3.63) is 29.8 Å². The zero-order valence-electron chi connectivity index (χ0n) is 10.6. The Hall–Kier alpha value is -1.52. The Labute approximate surface area is 104 Å². The van der Waals surface area contributed by atoms with Crippen LogP contribution in [0.3, 0.4) is 0 Å². The topological polar surface area (TPSA) is 29.1 Å². The summed E-state index contributed by atoms with van der Waals surface area (Å²) < 4.78 is 36.4. The summed E-state index contributed by atoms with van der Waals surface area (Å²) in [6.45, 7) is 5.29. The van der Waals surface area contributed by atoms with Crippen molar-refractivity contribution < 1.29 is 18.0 Å². The Bertz CT molecular complexity index is 415. The summed E-state index contributed by atoms with van der Waals surface area (Å²) in [5.41, 5.74) is 0.141. The number of halogens is 3. The molecule has 0 radical (unpaired) electrons. The van der Waals surface area contributed by atoms with E-state index in [1.54, 1.807) is 20.8 Å². The lowest BCUT2D eigenvalue weighted by Crippen LogP contribution is -2.27. The molecule has 0 aliphatic carbocycles. The van der Waals surface area contributed by atoms with Gasteiger partial charge in [0.15, 0.2) is 0 Å². The molecular weight excluding hydrogens is 243 g/mol. The van der Waals surface area contributed by atoms with Gasteiger partial charge in [-0.3, -0.25) is 4.79 Å². The van der Waals surface area contributed by atoms with Gasteiger partial charge >= 0.3 is 6.18 Å². The van der Waals surface area contributed by atoms with Crippen LogP contribution in [0.4, 0.5) is 18.9 Å². The molecule has 1 rings (SSSR count). The second-order valence-corrected chi connectivity index (χ2v) is 5.19. The molecule has 0 heterocycles. The predicted octanol–water partition coefficient (Wildman–Crippen LogP) is 3.78. The molecule has 0 spiro atoms. The van der Waals surface area contributed by atoms with Crippen molar-refractivity contribution in [1.82, 2.24) is 0 Å². The molecule has 0 fully saturated rings. The number of hydrogen-bond acceptors (Lipinski definition) is 1. The molecule has 100 valence electrons. The van der Waals surface area contributed by atoms with Gasteiger partial charge in [-0.15, -0.1) is 0 Å². The van der Waals surface area contributed by atoms with Crippen molar-refractivity contribution in [2.24, 2.45) is 5.41 Å². The maximum atomic E-state index is 12.1. The molecule has 18 heavy (non-hydrogen) atoms. The van der Waals surface area contributed by atoms with Crippen molar-refractivity contribution in [1.29, 1.82) is 0 Å². The van der Waals surface area contributed by atoms with Crippen LogP contribution in [0, 0.1) is 5.41 Å². The van der Waals surface area contributed by atoms with E-state index < -0.39 is 18.0 Å². The quantitative estimate of drug-likeness (QED) is 0.860. The summed E-state index contributed by atoms with van der Waals surface area (Å²) >= 11 is 0. The number of anilines is 1. The monoisotopic (exact) mass is 259 g/mol. The van der Waals surface area contributed by atoms with Gasteiger partial charge in [0.25, 0.3) is 0 Å². The molecule has 1 amide bonds. The maximum Gasteiger partial charge on any atom is 0.393 e. The molecule has 0 saturated heterocycles. The summed E-state index contributed by atoms with van der Waals surface area (Å²) in [5.74, 6) is -0.175. The first kappa shape index (κ1) is 14.5.